The number of nitrogens with one attached hydrogen (secondary N) is 1. The first kappa shape index (κ1) is 14.1. The summed E-state index contributed by atoms with van der Waals surface area (Å²) >= 11 is 0. The molecule has 0 unspecified atom stereocenters. The average Bonchev–Trinajstić information content (AvgIpc) is 3.11. The van der Waals surface area contributed by atoms with Crippen LogP contribution in [0.5, 0.6) is 0 Å². The van der Waals surface area contributed by atoms with E-state index in [4.69, 9.17) is 0 Å². The fourth-order valence-electron chi connectivity index (χ4n) is 2.99. The third-order valence-corrected chi connectivity index (χ3v) is 4.19. The number of aromatic nitrogens is 4. The maximum absolute atomic E-state index is 9.65. The average molecular weight is 311 g/mol. The summed E-state index contributed by atoms with van der Waals surface area (Å²) in [6.07, 6.45) is 4.94. The van der Waals surface area contributed by atoms with Gasteiger partial charge in [0, 0.05) is 24.0 Å². The molecule has 23 heavy (non-hydrogen) atoms. The van der Waals surface area contributed by atoms with Crippen molar-refractivity contribution in [3.63, 3.8) is 0 Å². The van der Waals surface area contributed by atoms with Gasteiger partial charge in [-0.05, 0) is 37.1 Å². The molecule has 0 saturated heterocycles. The normalized spacial score (nSPS) is 24.2. The molecule has 0 bridgehead atoms. The summed E-state index contributed by atoms with van der Waals surface area (Å²) in [5.74, 6) is 0.692. The van der Waals surface area contributed by atoms with Crippen molar-refractivity contribution in [3.05, 3.63) is 42.9 Å². The molecule has 7 nitrogen and oxygen atoms in total. The van der Waals surface area contributed by atoms with E-state index in [2.05, 4.69) is 20.4 Å². The Bertz CT molecular complexity index is 810. The predicted octanol–water partition coefficient (Wildman–Crippen LogP) is 1.09. The van der Waals surface area contributed by atoms with Crippen LogP contribution in [0.25, 0.3) is 16.9 Å². The van der Waals surface area contributed by atoms with Crippen molar-refractivity contribution in [1.29, 1.82) is 0 Å². The van der Waals surface area contributed by atoms with Crippen LogP contribution in [0.2, 0.25) is 0 Å². The molecular formula is C16H17N5O2. The van der Waals surface area contributed by atoms with Gasteiger partial charge in [-0.25, -0.2) is 9.50 Å². The summed E-state index contributed by atoms with van der Waals surface area (Å²) in [4.78, 5) is 8.39. The number of fused-ring (bicyclic) bond motifs is 1. The van der Waals surface area contributed by atoms with Gasteiger partial charge in [0.25, 0.3) is 0 Å². The molecular weight excluding hydrogens is 294 g/mol. The third-order valence-electron chi connectivity index (χ3n) is 4.19. The first-order chi connectivity index (χ1) is 11.2. The zero-order valence-electron chi connectivity index (χ0n) is 12.4. The van der Waals surface area contributed by atoms with Crippen LogP contribution in [0.4, 0.5) is 5.82 Å². The fraction of sp³-hybridized carbons (Fsp3) is 0.312. The second-order valence-corrected chi connectivity index (χ2v) is 5.82. The lowest BCUT2D eigenvalue weighted by Crippen LogP contribution is -2.18. The van der Waals surface area contributed by atoms with Crippen molar-refractivity contribution in [2.45, 2.75) is 31.1 Å². The van der Waals surface area contributed by atoms with Gasteiger partial charge in [0.1, 0.15) is 5.82 Å². The van der Waals surface area contributed by atoms with E-state index in [1.807, 2.05) is 24.3 Å². The topological polar surface area (TPSA) is 95.6 Å². The van der Waals surface area contributed by atoms with Gasteiger partial charge in [0.2, 0.25) is 0 Å². The Morgan fingerprint density at radius 1 is 1.04 bits per heavy atom. The van der Waals surface area contributed by atoms with Crippen molar-refractivity contribution in [3.8, 4) is 11.3 Å². The van der Waals surface area contributed by atoms with E-state index in [0.717, 1.165) is 16.9 Å². The van der Waals surface area contributed by atoms with Gasteiger partial charge in [-0.3, -0.25) is 4.98 Å². The molecule has 1 saturated carbocycles. The summed E-state index contributed by atoms with van der Waals surface area (Å²) < 4.78 is 1.78. The zero-order valence-corrected chi connectivity index (χ0v) is 12.4. The highest BCUT2D eigenvalue weighted by Gasteiger charge is 2.31. The number of nitrogens with zero attached hydrogens (tertiary/aromatic N) is 4. The van der Waals surface area contributed by atoms with Crippen LogP contribution in [-0.4, -0.2) is 48.0 Å². The minimum Gasteiger partial charge on any atom is -0.390 e. The molecule has 0 radical (unpaired) electrons. The molecule has 0 aliphatic heterocycles. The molecule has 3 atom stereocenters. The molecule has 3 aromatic heterocycles. The van der Waals surface area contributed by atoms with Crippen molar-refractivity contribution in [2.75, 3.05) is 5.32 Å². The van der Waals surface area contributed by atoms with Crippen LogP contribution in [0.15, 0.2) is 42.9 Å². The van der Waals surface area contributed by atoms with Gasteiger partial charge in [0.05, 0.1) is 24.1 Å². The SMILES string of the molecule is O[C@@H]1C[C@@H](Nc2ccc3ncc(-c4ccncc4)n3n2)C[C@@H]1O. The summed E-state index contributed by atoms with van der Waals surface area (Å²) in [7, 11) is 0. The molecule has 0 aromatic carbocycles. The van der Waals surface area contributed by atoms with Crippen LogP contribution in [0, 0.1) is 0 Å². The number of hydrogen-bond donors (Lipinski definition) is 3. The minimum atomic E-state index is -0.670. The highest BCUT2D eigenvalue weighted by atomic mass is 16.3. The standard InChI is InChI=1S/C16H17N5O2/c22-13-7-11(8-14(13)23)19-15-1-2-16-18-9-12(21(16)20-15)10-3-5-17-6-4-10/h1-6,9,11,13-14,22-23H,7-8H2,(H,19,20)/t11-,13-,14+. The maximum Gasteiger partial charge on any atom is 0.154 e. The number of aliphatic hydroxyl groups excluding tert-OH is 2. The quantitative estimate of drug-likeness (QED) is 0.670. The van der Waals surface area contributed by atoms with Gasteiger partial charge >= 0.3 is 0 Å². The summed E-state index contributed by atoms with van der Waals surface area (Å²) in [5, 5.41) is 27.1. The monoisotopic (exact) mass is 311 g/mol. The Kier molecular flexibility index (Phi) is 3.44. The van der Waals surface area contributed by atoms with Crippen molar-refractivity contribution in [1.82, 2.24) is 19.6 Å². The van der Waals surface area contributed by atoms with Gasteiger partial charge in [-0.1, -0.05) is 0 Å². The van der Waals surface area contributed by atoms with E-state index in [0.29, 0.717) is 18.7 Å². The van der Waals surface area contributed by atoms with Gasteiger partial charge in [-0.15, -0.1) is 5.10 Å². The number of aliphatic hydroxyl groups is 2. The molecule has 3 aromatic rings. The molecule has 0 amide bonds. The highest BCUT2D eigenvalue weighted by Crippen LogP contribution is 2.24. The number of anilines is 1. The van der Waals surface area contributed by atoms with E-state index in [-0.39, 0.29) is 6.04 Å². The first-order valence-corrected chi connectivity index (χ1v) is 7.58. The Morgan fingerprint density at radius 2 is 1.78 bits per heavy atom. The molecule has 1 fully saturated rings. The van der Waals surface area contributed by atoms with E-state index in [1.165, 1.54) is 0 Å². The molecule has 1 aliphatic rings. The number of pyridine rings is 1. The van der Waals surface area contributed by atoms with Crippen LogP contribution < -0.4 is 5.32 Å². The highest BCUT2D eigenvalue weighted by molar-refractivity contribution is 5.63. The molecule has 4 rings (SSSR count). The van der Waals surface area contributed by atoms with E-state index in [1.54, 1.807) is 23.1 Å². The lowest BCUT2D eigenvalue weighted by Gasteiger charge is -2.13. The predicted molar refractivity (Wildman–Crippen MR) is 84.9 cm³/mol. The van der Waals surface area contributed by atoms with Crippen LogP contribution >= 0.6 is 0 Å². The maximum atomic E-state index is 9.65. The molecule has 1 aliphatic carbocycles. The number of imidazole rings is 1. The van der Waals surface area contributed by atoms with Gasteiger partial charge < -0.3 is 15.5 Å². The van der Waals surface area contributed by atoms with E-state index >= 15 is 0 Å². The van der Waals surface area contributed by atoms with Crippen molar-refractivity contribution < 1.29 is 10.2 Å². The Morgan fingerprint density at radius 3 is 2.52 bits per heavy atom. The lowest BCUT2D eigenvalue weighted by molar-refractivity contribution is 0.0438. The molecule has 7 heteroatoms. The first-order valence-electron chi connectivity index (χ1n) is 7.58. The van der Waals surface area contributed by atoms with Crippen molar-refractivity contribution in [2.24, 2.45) is 0 Å². The number of hydrogen-bond acceptors (Lipinski definition) is 6. The van der Waals surface area contributed by atoms with Crippen LogP contribution in [0.1, 0.15) is 12.8 Å². The third kappa shape index (κ3) is 2.64. The Balaban J connectivity index is 1.65. The Hall–Kier alpha value is -2.51. The molecule has 0 spiro atoms. The summed E-state index contributed by atoms with van der Waals surface area (Å²) in [6, 6.07) is 7.58. The van der Waals surface area contributed by atoms with Gasteiger partial charge in [-0.2, -0.15) is 0 Å². The molecule has 3 N–H and O–H groups in total. The number of rotatable bonds is 3. The van der Waals surface area contributed by atoms with Gasteiger partial charge in [0.15, 0.2) is 5.65 Å². The molecule has 3 heterocycles. The largest absolute Gasteiger partial charge is 0.390 e. The second kappa shape index (κ2) is 5.60. The zero-order chi connectivity index (χ0) is 15.8. The fourth-order valence-corrected chi connectivity index (χ4v) is 2.99. The van der Waals surface area contributed by atoms with Crippen LogP contribution in [0.3, 0.4) is 0 Å². The van der Waals surface area contributed by atoms with E-state index in [9.17, 15) is 10.2 Å². The minimum absolute atomic E-state index is 0.0119. The smallest absolute Gasteiger partial charge is 0.154 e. The molecule has 118 valence electrons. The summed E-state index contributed by atoms with van der Waals surface area (Å²) in [6.45, 7) is 0. The Labute approximate surface area is 132 Å². The van der Waals surface area contributed by atoms with Crippen molar-refractivity contribution >= 4 is 11.5 Å². The summed E-state index contributed by atoms with van der Waals surface area (Å²) in [5.41, 5.74) is 2.63. The second-order valence-electron chi connectivity index (χ2n) is 5.82. The lowest BCUT2D eigenvalue weighted by atomic mass is 10.2. The van der Waals surface area contributed by atoms with Crippen LogP contribution in [-0.2, 0) is 0 Å². The van der Waals surface area contributed by atoms with E-state index < -0.39 is 12.2 Å².